The van der Waals surface area contributed by atoms with Gasteiger partial charge in [-0.05, 0) is 23.6 Å². The van der Waals surface area contributed by atoms with Crippen LogP contribution in [0.1, 0.15) is 12.5 Å². The van der Waals surface area contributed by atoms with Crippen LogP contribution < -0.4 is 5.32 Å². The molecule has 0 aliphatic carbocycles. The van der Waals surface area contributed by atoms with Crippen LogP contribution in [0.3, 0.4) is 0 Å². The van der Waals surface area contributed by atoms with Crippen molar-refractivity contribution in [2.24, 2.45) is 5.92 Å². The normalized spacial score (nSPS) is 12.8. The molecule has 0 fully saturated rings. The van der Waals surface area contributed by atoms with Gasteiger partial charge in [0.15, 0.2) is 0 Å². The molecule has 0 amide bonds. The van der Waals surface area contributed by atoms with Crippen LogP contribution in [0.4, 0.5) is 8.78 Å². The lowest BCUT2D eigenvalue weighted by molar-refractivity contribution is 0.233. The molecule has 0 bridgehead atoms. The first kappa shape index (κ1) is 12.1. The minimum atomic E-state index is -0.568. The largest absolute Gasteiger partial charge is 0.396 e. The summed E-state index contributed by atoms with van der Waals surface area (Å²) < 4.78 is 25.5. The molecule has 1 atom stereocenters. The van der Waals surface area contributed by atoms with Crippen molar-refractivity contribution in [2.45, 2.75) is 13.5 Å². The average molecular weight is 215 g/mol. The van der Waals surface area contributed by atoms with Crippen LogP contribution in [0.15, 0.2) is 18.2 Å². The van der Waals surface area contributed by atoms with Gasteiger partial charge in [-0.25, -0.2) is 8.78 Å². The van der Waals surface area contributed by atoms with E-state index in [2.05, 4.69) is 5.32 Å². The van der Waals surface area contributed by atoms with E-state index in [9.17, 15) is 8.78 Å². The molecule has 84 valence electrons. The Kier molecular flexibility index (Phi) is 4.65. The van der Waals surface area contributed by atoms with Crippen LogP contribution in [0.5, 0.6) is 0 Å². The third-order valence-electron chi connectivity index (χ3n) is 2.06. The van der Waals surface area contributed by atoms with E-state index in [1.807, 2.05) is 6.92 Å². The molecule has 4 heteroatoms. The molecule has 0 spiro atoms. The molecule has 2 nitrogen and oxygen atoms in total. The fourth-order valence-electron chi connectivity index (χ4n) is 1.24. The Balaban J connectivity index is 2.43. The van der Waals surface area contributed by atoms with Crippen LogP contribution in [0, 0.1) is 17.6 Å². The molecule has 0 saturated heterocycles. The summed E-state index contributed by atoms with van der Waals surface area (Å²) in [4.78, 5) is 0. The smallest absolute Gasteiger partial charge is 0.126 e. The van der Waals surface area contributed by atoms with Gasteiger partial charge in [-0.2, -0.15) is 0 Å². The summed E-state index contributed by atoms with van der Waals surface area (Å²) in [5.74, 6) is -0.993. The second-order valence-corrected chi connectivity index (χ2v) is 3.70. The van der Waals surface area contributed by atoms with E-state index in [0.717, 1.165) is 6.07 Å². The Labute approximate surface area is 87.9 Å². The Bertz CT molecular complexity index is 297. The molecule has 0 saturated carbocycles. The first-order valence-corrected chi connectivity index (χ1v) is 4.88. The Morgan fingerprint density at radius 3 is 2.40 bits per heavy atom. The molecule has 15 heavy (non-hydrogen) atoms. The maximum Gasteiger partial charge on any atom is 0.126 e. The van der Waals surface area contributed by atoms with Crippen molar-refractivity contribution < 1.29 is 13.9 Å². The zero-order chi connectivity index (χ0) is 11.3. The molecule has 0 aromatic heterocycles. The zero-order valence-corrected chi connectivity index (χ0v) is 8.63. The van der Waals surface area contributed by atoms with Crippen LogP contribution >= 0.6 is 0 Å². The zero-order valence-electron chi connectivity index (χ0n) is 8.63. The van der Waals surface area contributed by atoms with E-state index in [4.69, 9.17) is 5.11 Å². The molecule has 1 unspecified atom stereocenters. The summed E-state index contributed by atoms with van der Waals surface area (Å²) in [5.41, 5.74) is 0.567. The quantitative estimate of drug-likeness (QED) is 0.783. The van der Waals surface area contributed by atoms with Gasteiger partial charge in [0.25, 0.3) is 0 Å². The Morgan fingerprint density at radius 1 is 1.27 bits per heavy atom. The molecule has 1 aromatic rings. The second kappa shape index (κ2) is 5.78. The molecule has 0 aliphatic rings. The summed E-state index contributed by atoms with van der Waals surface area (Å²) >= 11 is 0. The predicted molar refractivity (Wildman–Crippen MR) is 54.3 cm³/mol. The fourth-order valence-corrected chi connectivity index (χ4v) is 1.24. The Morgan fingerprint density at radius 2 is 1.87 bits per heavy atom. The van der Waals surface area contributed by atoms with Gasteiger partial charge >= 0.3 is 0 Å². The molecule has 0 aliphatic heterocycles. The number of benzene rings is 1. The van der Waals surface area contributed by atoms with E-state index in [1.54, 1.807) is 0 Å². The third kappa shape index (κ3) is 4.36. The van der Waals surface area contributed by atoms with E-state index in [-0.39, 0.29) is 12.5 Å². The highest BCUT2D eigenvalue weighted by Crippen LogP contribution is 2.07. The summed E-state index contributed by atoms with van der Waals surface area (Å²) in [7, 11) is 0. The number of hydrogen-bond donors (Lipinski definition) is 2. The van der Waals surface area contributed by atoms with Crippen LogP contribution in [0.2, 0.25) is 0 Å². The lowest BCUT2D eigenvalue weighted by atomic mass is 10.2. The Hall–Kier alpha value is -1.00. The number of aliphatic hydroxyl groups excluding tert-OH is 1. The monoisotopic (exact) mass is 215 g/mol. The van der Waals surface area contributed by atoms with Crippen molar-refractivity contribution in [2.75, 3.05) is 13.2 Å². The van der Waals surface area contributed by atoms with E-state index < -0.39 is 11.6 Å². The number of aliphatic hydroxyl groups is 1. The van der Waals surface area contributed by atoms with Crippen molar-refractivity contribution in [3.8, 4) is 0 Å². The highest BCUT2D eigenvalue weighted by Gasteiger charge is 2.02. The topological polar surface area (TPSA) is 32.3 Å². The molecular formula is C11H15F2NO. The number of rotatable bonds is 5. The summed E-state index contributed by atoms with van der Waals surface area (Å²) in [6.07, 6.45) is 0. The van der Waals surface area contributed by atoms with Crippen molar-refractivity contribution in [1.29, 1.82) is 0 Å². The number of nitrogens with one attached hydrogen (secondary N) is 1. The van der Waals surface area contributed by atoms with Gasteiger partial charge in [0, 0.05) is 25.8 Å². The molecular weight excluding hydrogens is 200 g/mol. The lowest BCUT2D eigenvalue weighted by Gasteiger charge is -2.09. The molecule has 0 radical (unpaired) electrons. The number of halogens is 2. The van der Waals surface area contributed by atoms with Crippen LogP contribution in [-0.2, 0) is 6.54 Å². The van der Waals surface area contributed by atoms with Crippen molar-refractivity contribution in [3.05, 3.63) is 35.4 Å². The van der Waals surface area contributed by atoms with Crippen LogP contribution in [-0.4, -0.2) is 18.3 Å². The van der Waals surface area contributed by atoms with Gasteiger partial charge in [-0.15, -0.1) is 0 Å². The molecule has 1 aromatic carbocycles. The summed E-state index contributed by atoms with van der Waals surface area (Å²) in [5, 5.41) is 11.8. The van der Waals surface area contributed by atoms with Gasteiger partial charge < -0.3 is 10.4 Å². The second-order valence-electron chi connectivity index (χ2n) is 3.70. The highest BCUT2D eigenvalue weighted by atomic mass is 19.1. The minimum absolute atomic E-state index is 0.102. The lowest BCUT2D eigenvalue weighted by Crippen LogP contribution is -2.22. The molecule has 2 N–H and O–H groups in total. The van der Waals surface area contributed by atoms with E-state index in [1.165, 1.54) is 12.1 Å². The first-order chi connectivity index (χ1) is 7.11. The van der Waals surface area contributed by atoms with Gasteiger partial charge in [-0.3, -0.25) is 0 Å². The maximum atomic E-state index is 12.8. The highest BCUT2D eigenvalue weighted by molar-refractivity contribution is 5.17. The van der Waals surface area contributed by atoms with E-state index in [0.29, 0.717) is 18.7 Å². The number of hydrogen-bond acceptors (Lipinski definition) is 2. The van der Waals surface area contributed by atoms with Crippen LogP contribution in [0.25, 0.3) is 0 Å². The standard InChI is InChI=1S/C11H15F2NO/c1-8(7-15)5-14-6-9-2-10(12)4-11(13)3-9/h2-4,8,14-15H,5-7H2,1H3. The van der Waals surface area contributed by atoms with Gasteiger partial charge in [-0.1, -0.05) is 6.92 Å². The van der Waals surface area contributed by atoms with E-state index >= 15 is 0 Å². The van der Waals surface area contributed by atoms with Gasteiger partial charge in [0.1, 0.15) is 11.6 Å². The van der Waals surface area contributed by atoms with Crippen molar-refractivity contribution >= 4 is 0 Å². The summed E-state index contributed by atoms with van der Waals surface area (Å²) in [6, 6.07) is 3.43. The minimum Gasteiger partial charge on any atom is -0.396 e. The summed E-state index contributed by atoms with van der Waals surface area (Å²) in [6.45, 7) is 3.01. The SMILES string of the molecule is CC(CO)CNCc1cc(F)cc(F)c1. The third-order valence-corrected chi connectivity index (χ3v) is 2.06. The van der Waals surface area contributed by atoms with Crippen molar-refractivity contribution in [1.82, 2.24) is 5.32 Å². The fraction of sp³-hybridized carbons (Fsp3) is 0.455. The molecule has 1 rings (SSSR count). The van der Waals surface area contributed by atoms with Gasteiger partial charge in [0.2, 0.25) is 0 Å². The van der Waals surface area contributed by atoms with Crippen molar-refractivity contribution in [3.63, 3.8) is 0 Å². The molecule has 0 heterocycles. The maximum absolute atomic E-state index is 12.8. The van der Waals surface area contributed by atoms with Gasteiger partial charge in [0.05, 0.1) is 0 Å². The average Bonchev–Trinajstić information content (AvgIpc) is 2.16. The predicted octanol–water partition coefficient (Wildman–Crippen LogP) is 1.68. The first-order valence-electron chi connectivity index (χ1n) is 4.88.